The highest BCUT2D eigenvalue weighted by molar-refractivity contribution is 5.78. The zero-order valence-corrected chi connectivity index (χ0v) is 18.0. The van der Waals surface area contributed by atoms with Gasteiger partial charge < -0.3 is 14.5 Å². The Bertz CT molecular complexity index is 697. The summed E-state index contributed by atoms with van der Waals surface area (Å²) in [6, 6.07) is 10.8. The van der Waals surface area contributed by atoms with Crippen LogP contribution in [0.5, 0.6) is 0 Å². The first-order valence-electron chi connectivity index (χ1n) is 11.6. The van der Waals surface area contributed by atoms with E-state index in [9.17, 15) is 9.59 Å². The third-order valence-electron chi connectivity index (χ3n) is 6.99. The van der Waals surface area contributed by atoms with Gasteiger partial charge in [0.2, 0.25) is 11.8 Å². The topological polar surface area (TPSA) is 53.1 Å². The van der Waals surface area contributed by atoms with E-state index in [1.54, 1.807) is 0 Å². The summed E-state index contributed by atoms with van der Waals surface area (Å²) in [4.78, 5) is 32.0. The van der Waals surface area contributed by atoms with E-state index in [2.05, 4.69) is 21.9 Å². The minimum atomic E-state index is 0.222. The summed E-state index contributed by atoms with van der Waals surface area (Å²) in [5.74, 6) is 0.823. The number of likely N-dealkylation sites (tertiary alicyclic amines) is 2. The van der Waals surface area contributed by atoms with Gasteiger partial charge in [0.1, 0.15) is 0 Å². The number of rotatable bonds is 5. The third kappa shape index (κ3) is 5.61. The molecule has 0 aromatic heterocycles. The van der Waals surface area contributed by atoms with Crippen molar-refractivity contribution < 1.29 is 14.3 Å². The number of hydrogen-bond donors (Lipinski definition) is 0. The van der Waals surface area contributed by atoms with Crippen LogP contribution in [0.15, 0.2) is 30.3 Å². The fourth-order valence-electron chi connectivity index (χ4n) is 5.07. The largest absolute Gasteiger partial charge is 0.379 e. The van der Waals surface area contributed by atoms with Crippen molar-refractivity contribution >= 4 is 11.8 Å². The quantitative estimate of drug-likeness (QED) is 0.744. The molecular weight excluding hydrogens is 378 g/mol. The van der Waals surface area contributed by atoms with E-state index in [1.165, 1.54) is 5.56 Å². The Kier molecular flexibility index (Phi) is 7.39. The second-order valence-corrected chi connectivity index (χ2v) is 8.96. The molecule has 0 radical (unpaired) electrons. The highest BCUT2D eigenvalue weighted by Crippen LogP contribution is 2.25. The molecule has 6 heteroatoms. The molecular formula is C24H35N3O3. The molecule has 0 N–H and O–H groups in total. The molecule has 6 nitrogen and oxygen atoms in total. The summed E-state index contributed by atoms with van der Waals surface area (Å²) in [5, 5.41) is 0. The van der Waals surface area contributed by atoms with E-state index in [-0.39, 0.29) is 11.8 Å². The Morgan fingerprint density at radius 2 is 1.67 bits per heavy atom. The zero-order valence-electron chi connectivity index (χ0n) is 18.0. The molecule has 0 spiro atoms. The molecule has 0 bridgehead atoms. The SMILES string of the molecule is O=C(CC1CCC(=O)N(Cc2ccccc2)CC1)N1CCC(N2CCOCC2)CC1. The lowest BCUT2D eigenvalue weighted by Gasteiger charge is -2.40. The lowest BCUT2D eigenvalue weighted by molar-refractivity contribution is -0.134. The van der Waals surface area contributed by atoms with Gasteiger partial charge in [0, 0.05) is 58.2 Å². The van der Waals surface area contributed by atoms with Gasteiger partial charge in [-0.2, -0.15) is 0 Å². The van der Waals surface area contributed by atoms with Crippen LogP contribution in [0.25, 0.3) is 0 Å². The van der Waals surface area contributed by atoms with E-state index < -0.39 is 0 Å². The Hall–Kier alpha value is -1.92. The fraction of sp³-hybridized carbons (Fsp3) is 0.667. The van der Waals surface area contributed by atoms with Gasteiger partial charge in [0.25, 0.3) is 0 Å². The first-order valence-corrected chi connectivity index (χ1v) is 11.6. The highest BCUT2D eigenvalue weighted by Gasteiger charge is 2.30. The molecule has 4 rings (SSSR count). The van der Waals surface area contributed by atoms with Gasteiger partial charge in [-0.05, 0) is 37.2 Å². The molecule has 0 saturated carbocycles. The Balaban J connectivity index is 1.22. The molecule has 1 unspecified atom stereocenters. The van der Waals surface area contributed by atoms with Crippen LogP contribution in [0.4, 0.5) is 0 Å². The second kappa shape index (κ2) is 10.4. The van der Waals surface area contributed by atoms with Crippen LogP contribution < -0.4 is 0 Å². The predicted octanol–water partition coefficient (Wildman–Crippen LogP) is 2.53. The van der Waals surface area contributed by atoms with Gasteiger partial charge in [0.05, 0.1) is 13.2 Å². The van der Waals surface area contributed by atoms with Gasteiger partial charge in [-0.3, -0.25) is 14.5 Å². The molecule has 3 saturated heterocycles. The van der Waals surface area contributed by atoms with Crippen LogP contribution in [0.2, 0.25) is 0 Å². The number of piperidine rings is 1. The highest BCUT2D eigenvalue weighted by atomic mass is 16.5. The maximum absolute atomic E-state index is 12.9. The minimum absolute atomic E-state index is 0.222. The Morgan fingerprint density at radius 3 is 2.40 bits per heavy atom. The van der Waals surface area contributed by atoms with Crippen molar-refractivity contribution in [1.29, 1.82) is 0 Å². The van der Waals surface area contributed by atoms with Crippen molar-refractivity contribution in [2.45, 2.75) is 51.1 Å². The van der Waals surface area contributed by atoms with Crippen LogP contribution in [0.3, 0.4) is 0 Å². The number of benzene rings is 1. The van der Waals surface area contributed by atoms with Crippen molar-refractivity contribution in [2.24, 2.45) is 5.92 Å². The van der Waals surface area contributed by atoms with E-state index >= 15 is 0 Å². The average molecular weight is 414 g/mol. The number of ether oxygens (including phenoxy) is 1. The first-order chi connectivity index (χ1) is 14.7. The minimum Gasteiger partial charge on any atom is -0.379 e. The number of hydrogen-bond acceptors (Lipinski definition) is 4. The second-order valence-electron chi connectivity index (χ2n) is 8.96. The van der Waals surface area contributed by atoms with Crippen molar-refractivity contribution in [3.63, 3.8) is 0 Å². The molecule has 30 heavy (non-hydrogen) atoms. The van der Waals surface area contributed by atoms with Crippen molar-refractivity contribution in [3.05, 3.63) is 35.9 Å². The van der Waals surface area contributed by atoms with Gasteiger partial charge in [-0.25, -0.2) is 0 Å². The Morgan fingerprint density at radius 1 is 0.933 bits per heavy atom. The van der Waals surface area contributed by atoms with E-state index in [1.807, 2.05) is 23.1 Å². The molecule has 1 aromatic rings. The maximum atomic E-state index is 12.9. The third-order valence-corrected chi connectivity index (χ3v) is 6.99. The lowest BCUT2D eigenvalue weighted by Crippen LogP contribution is -2.50. The molecule has 164 valence electrons. The van der Waals surface area contributed by atoms with Crippen LogP contribution in [-0.4, -0.2) is 78.5 Å². The van der Waals surface area contributed by atoms with Crippen molar-refractivity contribution in [2.75, 3.05) is 45.9 Å². The molecule has 2 amide bonds. The monoisotopic (exact) mass is 413 g/mol. The summed E-state index contributed by atoms with van der Waals surface area (Å²) in [7, 11) is 0. The molecule has 0 aliphatic carbocycles. The standard InChI is InChI=1S/C24H35N3O3/c28-23-7-6-20(8-11-27(23)19-21-4-2-1-3-5-21)18-24(29)26-12-9-22(10-13-26)25-14-16-30-17-15-25/h1-5,20,22H,6-19H2. The zero-order chi connectivity index (χ0) is 20.8. The van der Waals surface area contributed by atoms with Gasteiger partial charge in [-0.1, -0.05) is 30.3 Å². The van der Waals surface area contributed by atoms with Crippen molar-refractivity contribution in [3.8, 4) is 0 Å². The van der Waals surface area contributed by atoms with Gasteiger partial charge in [-0.15, -0.1) is 0 Å². The fourth-order valence-corrected chi connectivity index (χ4v) is 5.07. The average Bonchev–Trinajstić information content (AvgIpc) is 2.97. The molecule has 3 aliphatic rings. The van der Waals surface area contributed by atoms with Crippen LogP contribution >= 0.6 is 0 Å². The first kappa shape index (κ1) is 21.3. The summed E-state index contributed by atoms with van der Waals surface area (Å²) < 4.78 is 5.46. The number of morpholine rings is 1. The number of carbonyl (C=O) groups is 2. The normalized spacial score (nSPS) is 24.7. The number of carbonyl (C=O) groups excluding carboxylic acids is 2. The molecule has 3 aliphatic heterocycles. The van der Waals surface area contributed by atoms with Crippen LogP contribution in [0, 0.1) is 5.92 Å². The predicted molar refractivity (Wildman–Crippen MR) is 116 cm³/mol. The number of nitrogens with zero attached hydrogens (tertiary/aromatic N) is 3. The summed E-state index contributed by atoms with van der Waals surface area (Å²) in [6.45, 7) is 6.88. The van der Waals surface area contributed by atoms with E-state index in [4.69, 9.17) is 4.74 Å². The van der Waals surface area contributed by atoms with Crippen LogP contribution in [0.1, 0.15) is 44.1 Å². The smallest absolute Gasteiger partial charge is 0.222 e. The van der Waals surface area contributed by atoms with Gasteiger partial charge in [0.15, 0.2) is 0 Å². The van der Waals surface area contributed by atoms with E-state index in [0.717, 1.165) is 71.6 Å². The lowest BCUT2D eigenvalue weighted by atomic mass is 9.95. The maximum Gasteiger partial charge on any atom is 0.222 e. The summed E-state index contributed by atoms with van der Waals surface area (Å²) >= 11 is 0. The van der Waals surface area contributed by atoms with Gasteiger partial charge >= 0.3 is 0 Å². The molecule has 1 aromatic carbocycles. The summed E-state index contributed by atoms with van der Waals surface area (Å²) in [6.07, 6.45) is 5.05. The Labute approximate surface area is 180 Å². The summed E-state index contributed by atoms with van der Waals surface area (Å²) in [5.41, 5.74) is 1.17. The number of amides is 2. The van der Waals surface area contributed by atoms with Crippen LogP contribution in [-0.2, 0) is 20.9 Å². The molecule has 3 fully saturated rings. The van der Waals surface area contributed by atoms with E-state index in [0.29, 0.717) is 31.3 Å². The molecule has 3 heterocycles. The molecule has 1 atom stereocenters. The van der Waals surface area contributed by atoms with Crippen molar-refractivity contribution in [1.82, 2.24) is 14.7 Å².